The van der Waals surface area contributed by atoms with Crippen LogP contribution < -0.4 is 10.0 Å². The molecule has 2 N–H and O–H groups in total. The van der Waals surface area contributed by atoms with Crippen LogP contribution in [0.4, 0.5) is 14.5 Å². The third-order valence-corrected chi connectivity index (χ3v) is 5.02. The standard InChI is InChI=1S/C12H16BrF2N3O2S/c13-9-7-11(15)12(8-10(9)14)17-21(19,20)6-5-18-3-1-16-2-4-18/h7-8,16-17H,1-6H2. The highest BCUT2D eigenvalue weighted by Crippen LogP contribution is 2.24. The Bertz CT molecular complexity index is 607. The molecule has 1 aliphatic heterocycles. The lowest BCUT2D eigenvalue weighted by Crippen LogP contribution is -2.45. The second kappa shape index (κ2) is 6.99. The average Bonchev–Trinajstić information content (AvgIpc) is 2.44. The summed E-state index contributed by atoms with van der Waals surface area (Å²) in [5, 5.41) is 3.17. The Labute approximate surface area is 130 Å². The smallest absolute Gasteiger partial charge is 0.234 e. The molecule has 1 aromatic rings. The Morgan fingerprint density at radius 2 is 1.90 bits per heavy atom. The van der Waals surface area contributed by atoms with Gasteiger partial charge in [0.2, 0.25) is 10.0 Å². The Hall–Kier alpha value is -0.770. The molecule has 5 nitrogen and oxygen atoms in total. The summed E-state index contributed by atoms with van der Waals surface area (Å²) in [5.41, 5.74) is -0.379. The molecule has 1 fully saturated rings. The largest absolute Gasteiger partial charge is 0.314 e. The molecule has 2 rings (SSSR count). The van der Waals surface area contributed by atoms with E-state index in [1.807, 2.05) is 4.90 Å². The van der Waals surface area contributed by atoms with E-state index in [4.69, 9.17) is 0 Å². The van der Waals surface area contributed by atoms with E-state index in [0.29, 0.717) is 6.54 Å². The molecule has 0 radical (unpaired) electrons. The zero-order valence-corrected chi connectivity index (χ0v) is 13.6. The monoisotopic (exact) mass is 383 g/mol. The molecule has 0 aliphatic carbocycles. The van der Waals surface area contributed by atoms with Crippen LogP contribution in [0, 0.1) is 11.6 Å². The van der Waals surface area contributed by atoms with Gasteiger partial charge in [0.25, 0.3) is 0 Å². The number of rotatable bonds is 5. The van der Waals surface area contributed by atoms with E-state index in [9.17, 15) is 17.2 Å². The third-order valence-electron chi connectivity index (χ3n) is 3.16. The van der Waals surface area contributed by atoms with Crippen LogP contribution >= 0.6 is 15.9 Å². The lowest BCUT2D eigenvalue weighted by atomic mass is 10.3. The summed E-state index contributed by atoms with van der Waals surface area (Å²) < 4.78 is 52.9. The lowest BCUT2D eigenvalue weighted by molar-refractivity contribution is 0.254. The van der Waals surface area contributed by atoms with Crippen LogP contribution in [-0.4, -0.2) is 51.8 Å². The van der Waals surface area contributed by atoms with Crippen molar-refractivity contribution in [1.82, 2.24) is 10.2 Å². The molecule has 0 unspecified atom stereocenters. The minimum Gasteiger partial charge on any atom is -0.314 e. The first-order valence-corrected chi connectivity index (χ1v) is 8.90. The highest BCUT2D eigenvalue weighted by Gasteiger charge is 2.18. The molecule has 0 bridgehead atoms. The van der Waals surface area contributed by atoms with Gasteiger partial charge in [-0.05, 0) is 22.0 Å². The lowest BCUT2D eigenvalue weighted by Gasteiger charge is -2.26. The molecule has 0 spiro atoms. The number of hydrogen-bond donors (Lipinski definition) is 2. The van der Waals surface area contributed by atoms with Crippen molar-refractivity contribution in [2.24, 2.45) is 0 Å². The van der Waals surface area contributed by atoms with Crippen LogP contribution in [0.5, 0.6) is 0 Å². The topological polar surface area (TPSA) is 61.4 Å². The zero-order valence-electron chi connectivity index (χ0n) is 11.2. The molecular formula is C12H16BrF2N3O2S. The number of piperazine rings is 1. The highest BCUT2D eigenvalue weighted by atomic mass is 79.9. The van der Waals surface area contributed by atoms with Crippen molar-refractivity contribution in [3.05, 3.63) is 28.2 Å². The molecule has 1 saturated heterocycles. The molecule has 1 heterocycles. The van der Waals surface area contributed by atoms with Gasteiger partial charge in [0.1, 0.15) is 11.6 Å². The number of nitrogens with zero attached hydrogens (tertiary/aromatic N) is 1. The zero-order chi connectivity index (χ0) is 15.5. The fourth-order valence-corrected chi connectivity index (χ4v) is 3.41. The van der Waals surface area contributed by atoms with Crippen LogP contribution in [0.1, 0.15) is 0 Å². The van der Waals surface area contributed by atoms with E-state index in [1.165, 1.54) is 0 Å². The first-order chi connectivity index (χ1) is 9.87. The third kappa shape index (κ3) is 4.87. The van der Waals surface area contributed by atoms with E-state index < -0.39 is 21.7 Å². The van der Waals surface area contributed by atoms with Crippen molar-refractivity contribution in [1.29, 1.82) is 0 Å². The van der Waals surface area contributed by atoms with Gasteiger partial charge in [-0.1, -0.05) is 0 Å². The number of anilines is 1. The number of benzene rings is 1. The molecule has 21 heavy (non-hydrogen) atoms. The van der Waals surface area contributed by atoms with Gasteiger partial charge in [-0.25, -0.2) is 17.2 Å². The second-order valence-corrected chi connectivity index (χ2v) is 7.45. The minimum atomic E-state index is -3.72. The Kier molecular flexibility index (Phi) is 5.53. The van der Waals surface area contributed by atoms with Crippen LogP contribution in [0.15, 0.2) is 16.6 Å². The average molecular weight is 384 g/mol. The molecule has 1 aliphatic rings. The second-order valence-electron chi connectivity index (χ2n) is 4.76. The van der Waals surface area contributed by atoms with Gasteiger partial charge in [-0.2, -0.15) is 0 Å². The number of hydrogen-bond acceptors (Lipinski definition) is 4. The molecule has 9 heteroatoms. The summed E-state index contributed by atoms with van der Waals surface area (Å²) in [5.74, 6) is -1.71. The molecule has 0 saturated carbocycles. The Balaban J connectivity index is 1.98. The first-order valence-electron chi connectivity index (χ1n) is 6.45. The molecule has 1 aromatic carbocycles. The SMILES string of the molecule is O=S(=O)(CCN1CCNCC1)Nc1cc(F)c(Br)cc1F. The number of halogens is 3. The van der Waals surface area contributed by atoms with Crippen molar-refractivity contribution >= 4 is 31.6 Å². The van der Waals surface area contributed by atoms with Crippen molar-refractivity contribution in [2.45, 2.75) is 0 Å². The molecule has 0 atom stereocenters. The van der Waals surface area contributed by atoms with Crippen LogP contribution in [0.25, 0.3) is 0 Å². The van der Waals surface area contributed by atoms with Crippen molar-refractivity contribution in [3.8, 4) is 0 Å². The van der Waals surface area contributed by atoms with Gasteiger partial charge >= 0.3 is 0 Å². The maximum absolute atomic E-state index is 13.6. The van der Waals surface area contributed by atoms with Gasteiger partial charge < -0.3 is 5.32 Å². The van der Waals surface area contributed by atoms with Gasteiger partial charge in [0.15, 0.2) is 0 Å². The first kappa shape index (κ1) is 16.6. The van der Waals surface area contributed by atoms with Gasteiger partial charge in [-0.3, -0.25) is 9.62 Å². The molecule has 0 amide bonds. The van der Waals surface area contributed by atoms with E-state index in [2.05, 4.69) is 26.0 Å². The normalized spacial score (nSPS) is 16.9. The summed E-state index contributed by atoms with van der Waals surface area (Å²) in [6.07, 6.45) is 0. The van der Waals surface area contributed by atoms with Gasteiger partial charge in [0, 0.05) is 38.8 Å². The predicted molar refractivity (Wildman–Crippen MR) is 80.8 cm³/mol. The summed E-state index contributed by atoms with van der Waals surface area (Å²) in [6, 6.07) is 1.71. The van der Waals surface area contributed by atoms with Crippen LogP contribution in [0.3, 0.4) is 0 Å². The quantitative estimate of drug-likeness (QED) is 0.754. The van der Waals surface area contributed by atoms with E-state index in [0.717, 1.165) is 38.3 Å². The Morgan fingerprint density at radius 3 is 2.57 bits per heavy atom. The summed E-state index contributed by atoms with van der Waals surface area (Å²) >= 11 is 2.84. The Morgan fingerprint density at radius 1 is 1.24 bits per heavy atom. The summed E-state index contributed by atoms with van der Waals surface area (Å²) in [4.78, 5) is 2.01. The van der Waals surface area contributed by atoms with Crippen molar-refractivity contribution in [3.63, 3.8) is 0 Å². The van der Waals surface area contributed by atoms with Crippen molar-refractivity contribution in [2.75, 3.05) is 43.2 Å². The van der Waals surface area contributed by atoms with Crippen molar-refractivity contribution < 1.29 is 17.2 Å². The number of nitrogens with one attached hydrogen (secondary N) is 2. The summed E-state index contributed by atoms with van der Waals surface area (Å²) in [7, 11) is -3.72. The fraction of sp³-hybridized carbons (Fsp3) is 0.500. The van der Waals surface area contributed by atoms with Crippen LogP contribution in [0.2, 0.25) is 0 Å². The van der Waals surface area contributed by atoms with Crippen LogP contribution in [-0.2, 0) is 10.0 Å². The molecular weight excluding hydrogens is 368 g/mol. The number of sulfonamides is 1. The fourth-order valence-electron chi connectivity index (χ4n) is 2.00. The van der Waals surface area contributed by atoms with E-state index >= 15 is 0 Å². The van der Waals surface area contributed by atoms with E-state index in [1.54, 1.807) is 0 Å². The van der Waals surface area contributed by atoms with Gasteiger partial charge in [-0.15, -0.1) is 0 Å². The summed E-state index contributed by atoms with van der Waals surface area (Å²) in [6.45, 7) is 3.55. The maximum atomic E-state index is 13.6. The van der Waals surface area contributed by atoms with Gasteiger partial charge in [0.05, 0.1) is 15.9 Å². The highest BCUT2D eigenvalue weighted by molar-refractivity contribution is 9.10. The molecule has 0 aromatic heterocycles. The predicted octanol–water partition coefficient (Wildman–Crippen LogP) is 1.37. The van der Waals surface area contributed by atoms with E-state index in [-0.39, 0.29) is 15.9 Å². The molecule has 118 valence electrons. The maximum Gasteiger partial charge on any atom is 0.234 e. The minimum absolute atomic E-state index is 0.0521.